The summed E-state index contributed by atoms with van der Waals surface area (Å²) >= 11 is 0. The zero-order valence-electron chi connectivity index (χ0n) is 11.9. The number of carboxylic acids is 1. The molecule has 19 heavy (non-hydrogen) atoms. The van der Waals surface area contributed by atoms with Crippen molar-refractivity contribution in [3.63, 3.8) is 0 Å². The summed E-state index contributed by atoms with van der Waals surface area (Å²) in [5.74, 6) is -0.833. The van der Waals surface area contributed by atoms with E-state index in [1.54, 1.807) is 30.1 Å². The van der Waals surface area contributed by atoms with Crippen molar-refractivity contribution in [2.24, 2.45) is 5.92 Å². The van der Waals surface area contributed by atoms with Gasteiger partial charge in [0.05, 0.1) is 11.1 Å². The molecule has 0 radical (unpaired) electrons. The van der Waals surface area contributed by atoms with Gasteiger partial charge in [-0.05, 0) is 31.4 Å². The van der Waals surface area contributed by atoms with Crippen LogP contribution in [0.1, 0.15) is 47.9 Å². The lowest BCUT2D eigenvalue weighted by Gasteiger charge is -2.26. The first-order chi connectivity index (χ1) is 8.84. The molecule has 0 fully saturated rings. The molecule has 0 aliphatic heterocycles. The van der Waals surface area contributed by atoms with E-state index < -0.39 is 5.97 Å². The number of nitrogens with zero attached hydrogens (tertiary/aromatic N) is 1. The zero-order chi connectivity index (χ0) is 14.6. The average Bonchev–Trinajstić information content (AvgIpc) is 2.36. The Morgan fingerprint density at radius 1 is 1.16 bits per heavy atom. The Labute approximate surface area is 114 Å². The maximum Gasteiger partial charge on any atom is 0.336 e. The second-order valence-electron chi connectivity index (χ2n) is 5.25. The number of carbonyl (C=O) groups is 2. The van der Waals surface area contributed by atoms with E-state index in [1.807, 2.05) is 6.92 Å². The molecule has 4 heteroatoms. The molecule has 1 rings (SSSR count). The van der Waals surface area contributed by atoms with Gasteiger partial charge in [0.1, 0.15) is 0 Å². The molecule has 0 aliphatic carbocycles. The third-order valence-corrected chi connectivity index (χ3v) is 3.18. The number of hydrogen-bond acceptors (Lipinski definition) is 2. The molecule has 1 atom stereocenters. The predicted molar refractivity (Wildman–Crippen MR) is 74.4 cm³/mol. The van der Waals surface area contributed by atoms with Gasteiger partial charge in [0.2, 0.25) is 0 Å². The fourth-order valence-corrected chi connectivity index (χ4v) is 2.09. The van der Waals surface area contributed by atoms with E-state index in [1.165, 1.54) is 6.07 Å². The van der Waals surface area contributed by atoms with Gasteiger partial charge in [0, 0.05) is 13.1 Å². The number of hydrogen-bond donors (Lipinski definition) is 1. The van der Waals surface area contributed by atoms with Gasteiger partial charge in [-0.25, -0.2) is 4.79 Å². The van der Waals surface area contributed by atoms with E-state index >= 15 is 0 Å². The second kappa shape index (κ2) is 6.36. The number of benzene rings is 1. The van der Waals surface area contributed by atoms with Crippen LogP contribution in [0.4, 0.5) is 0 Å². The largest absolute Gasteiger partial charge is 0.478 e. The summed E-state index contributed by atoms with van der Waals surface area (Å²) < 4.78 is 0. The fraction of sp³-hybridized carbons (Fsp3) is 0.467. The predicted octanol–water partition coefficient (Wildman–Crippen LogP) is 2.89. The highest BCUT2D eigenvalue weighted by Gasteiger charge is 2.22. The van der Waals surface area contributed by atoms with Gasteiger partial charge >= 0.3 is 5.97 Å². The van der Waals surface area contributed by atoms with Gasteiger partial charge in [-0.15, -0.1) is 0 Å². The summed E-state index contributed by atoms with van der Waals surface area (Å²) in [6, 6.07) is 6.40. The van der Waals surface area contributed by atoms with E-state index in [-0.39, 0.29) is 23.1 Å². The summed E-state index contributed by atoms with van der Waals surface area (Å²) in [5.41, 5.74) is 0.296. The molecule has 0 spiro atoms. The molecule has 1 aromatic carbocycles. The monoisotopic (exact) mass is 263 g/mol. The first kappa shape index (κ1) is 15.2. The third kappa shape index (κ3) is 3.81. The Kier molecular flexibility index (Phi) is 5.10. The van der Waals surface area contributed by atoms with Crippen molar-refractivity contribution >= 4 is 11.9 Å². The minimum Gasteiger partial charge on any atom is -0.478 e. The van der Waals surface area contributed by atoms with E-state index in [9.17, 15) is 9.59 Å². The maximum absolute atomic E-state index is 12.4. The Bertz CT molecular complexity index is 468. The van der Waals surface area contributed by atoms with Crippen LogP contribution in [0.5, 0.6) is 0 Å². The van der Waals surface area contributed by atoms with E-state index in [0.29, 0.717) is 5.92 Å². The highest BCUT2D eigenvalue weighted by atomic mass is 16.4. The number of rotatable bonds is 5. The average molecular weight is 263 g/mol. The van der Waals surface area contributed by atoms with Gasteiger partial charge in [0.15, 0.2) is 0 Å². The van der Waals surface area contributed by atoms with Gasteiger partial charge in [-0.1, -0.05) is 26.0 Å². The molecule has 0 saturated carbocycles. The molecule has 0 heterocycles. The quantitative estimate of drug-likeness (QED) is 0.888. The normalized spacial score (nSPS) is 12.3. The van der Waals surface area contributed by atoms with Crippen molar-refractivity contribution < 1.29 is 14.7 Å². The van der Waals surface area contributed by atoms with Crippen LogP contribution >= 0.6 is 0 Å². The molecule has 104 valence electrons. The van der Waals surface area contributed by atoms with E-state index in [2.05, 4.69) is 13.8 Å². The lowest BCUT2D eigenvalue weighted by atomic mass is 10.0. The molecule has 0 aromatic heterocycles. The molecule has 4 nitrogen and oxygen atoms in total. The summed E-state index contributed by atoms with van der Waals surface area (Å²) in [4.78, 5) is 25.1. The summed E-state index contributed by atoms with van der Waals surface area (Å²) in [6.45, 7) is 6.17. The first-order valence-corrected chi connectivity index (χ1v) is 6.44. The molecule has 1 N–H and O–H groups in total. The molecule has 1 aromatic rings. The molecule has 0 aliphatic rings. The van der Waals surface area contributed by atoms with Gasteiger partial charge < -0.3 is 10.0 Å². The fourth-order valence-electron chi connectivity index (χ4n) is 2.09. The lowest BCUT2D eigenvalue weighted by Crippen LogP contribution is -2.36. The van der Waals surface area contributed by atoms with Crippen molar-refractivity contribution in [3.8, 4) is 0 Å². The Hall–Kier alpha value is -1.84. The Morgan fingerprint density at radius 3 is 2.16 bits per heavy atom. The van der Waals surface area contributed by atoms with Crippen molar-refractivity contribution in [3.05, 3.63) is 35.4 Å². The maximum atomic E-state index is 12.4. The molecular formula is C15H21NO3. The minimum atomic E-state index is -1.08. The van der Waals surface area contributed by atoms with Crippen LogP contribution in [0.2, 0.25) is 0 Å². The summed E-state index contributed by atoms with van der Waals surface area (Å²) in [7, 11) is 1.72. The van der Waals surface area contributed by atoms with Crippen LogP contribution in [0.3, 0.4) is 0 Å². The molecular weight excluding hydrogens is 242 g/mol. The standard InChI is InChI=1S/C15H21NO3/c1-10(2)9-11(3)16(4)14(17)12-7-5-6-8-13(12)15(18)19/h5-8,10-11H,9H2,1-4H3,(H,18,19). The number of amides is 1. The van der Waals surface area contributed by atoms with Crippen molar-refractivity contribution in [2.75, 3.05) is 7.05 Å². The molecule has 1 amide bonds. The van der Waals surface area contributed by atoms with Crippen molar-refractivity contribution in [2.45, 2.75) is 33.2 Å². The van der Waals surface area contributed by atoms with Crippen molar-refractivity contribution in [1.29, 1.82) is 0 Å². The summed E-state index contributed by atoms with van der Waals surface area (Å²) in [5, 5.41) is 9.11. The van der Waals surface area contributed by atoms with Crippen LogP contribution in [0, 0.1) is 5.92 Å². The smallest absolute Gasteiger partial charge is 0.336 e. The summed E-state index contributed by atoms with van der Waals surface area (Å²) in [6.07, 6.45) is 0.886. The molecule has 0 saturated heterocycles. The van der Waals surface area contributed by atoms with Crippen LogP contribution < -0.4 is 0 Å². The van der Waals surface area contributed by atoms with Crippen molar-refractivity contribution in [1.82, 2.24) is 4.90 Å². The van der Waals surface area contributed by atoms with Crippen LogP contribution in [-0.4, -0.2) is 35.0 Å². The highest BCUT2D eigenvalue weighted by Crippen LogP contribution is 2.16. The zero-order valence-corrected chi connectivity index (χ0v) is 11.9. The number of carboxylic acid groups (broad SMARTS) is 1. The van der Waals surface area contributed by atoms with Gasteiger partial charge in [-0.2, -0.15) is 0 Å². The van der Waals surface area contributed by atoms with Crippen LogP contribution in [0.15, 0.2) is 24.3 Å². The molecule has 0 bridgehead atoms. The van der Waals surface area contributed by atoms with Gasteiger partial charge in [0.25, 0.3) is 5.91 Å². The SMILES string of the molecule is CC(C)CC(C)N(C)C(=O)c1ccccc1C(=O)O. The highest BCUT2D eigenvalue weighted by molar-refractivity contribution is 6.04. The van der Waals surface area contributed by atoms with E-state index in [4.69, 9.17) is 5.11 Å². The topological polar surface area (TPSA) is 57.6 Å². The number of carbonyl (C=O) groups excluding carboxylic acids is 1. The third-order valence-electron chi connectivity index (χ3n) is 3.18. The van der Waals surface area contributed by atoms with Crippen LogP contribution in [-0.2, 0) is 0 Å². The first-order valence-electron chi connectivity index (χ1n) is 6.44. The minimum absolute atomic E-state index is 0.0519. The van der Waals surface area contributed by atoms with Gasteiger partial charge in [-0.3, -0.25) is 4.79 Å². The van der Waals surface area contributed by atoms with E-state index in [0.717, 1.165) is 6.42 Å². The second-order valence-corrected chi connectivity index (χ2v) is 5.25. The Morgan fingerprint density at radius 2 is 1.68 bits per heavy atom. The van der Waals surface area contributed by atoms with Crippen LogP contribution in [0.25, 0.3) is 0 Å². The molecule has 1 unspecified atom stereocenters. The number of aromatic carboxylic acids is 1. The lowest BCUT2D eigenvalue weighted by molar-refractivity contribution is 0.0667. The Balaban J connectivity index is 2.97.